The molecule has 0 bridgehead atoms. The standard InChI is InChI=1S/C60H117NO3/c1-3-5-7-9-11-13-15-17-19-21-23-24-25-26-27-28-29-30-31-32-33-34-35-36-38-40-42-44-46-48-50-52-54-56-60(64)61-58(57-62)59(63)55-53-51-49-47-45-43-41-39-37-22-20-18-16-14-12-10-8-6-4-2/h15,17,21,23,58-59,62-63H,3-14,16,18-20,22,24-57H2,1-2H3,(H,61,64)/b17-15-,23-21-. The van der Waals surface area contributed by atoms with Crippen molar-refractivity contribution >= 4 is 5.91 Å². The van der Waals surface area contributed by atoms with Crippen molar-refractivity contribution in [3.63, 3.8) is 0 Å². The second-order valence-electron chi connectivity index (χ2n) is 20.4. The van der Waals surface area contributed by atoms with Crippen molar-refractivity contribution < 1.29 is 15.0 Å². The fraction of sp³-hybridized carbons (Fsp3) is 0.917. The van der Waals surface area contributed by atoms with Gasteiger partial charge in [-0.1, -0.05) is 308 Å². The van der Waals surface area contributed by atoms with Crippen LogP contribution in [0.25, 0.3) is 0 Å². The Bertz CT molecular complexity index is 932. The molecule has 0 aliphatic heterocycles. The Morgan fingerprint density at radius 2 is 0.641 bits per heavy atom. The highest BCUT2D eigenvalue weighted by molar-refractivity contribution is 5.76. The lowest BCUT2D eigenvalue weighted by atomic mass is 10.0. The first-order valence-corrected chi connectivity index (χ1v) is 29.5. The minimum Gasteiger partial charge on any atom is -0.394 e. The van der Waals surface area contributed by atoms with Crippen LogP contribution in [0.15, 0.2) is 24.3 Å². The lowest BCUT2D eigenvalue weighted by Gasteiger charge is -2.22. The molecule has 0 spiro atoms. The van der Waals surface area contributed by atoms with E-state index in [4.69, 9.17) is 0 Å². The zero-order valence-electron chi connectivity index (χ0n) is 43.8. The van der Waals surface area contributed by atoms with Gasteiger partial charge < -0.3 is 15.5 Å². The van der Waals surface area contributed by atoms with Crippen molar-refractivity contribution in [2.24, 2.45) is 0 Å². The molecule has 2 atom stereocenters. The van der Waals surface area contributed by atoms with E-state index in [9.17, 15) is 15.0 Å². The summed E-state index contributed by atoms with van der Waals surface area (Å²) in [5.74, 6) is -0.0241. The molecule has 0 aromatic heterocycles. The van der Waals surface area contributed by atoms with E-state index in [1.54, 1.807) is 0 Å². The molecular formula is C60H117NO3. The number of carbonyl (C=O) groups excluding carboxylic acids is 1. The van der Waals surface area contributed by atoms with E-state index in [2.05, 4.69) is 43.5 Å². The minimum absolute atomic E-state index is 0.0241. The molecule has 3 N–H and O–H groups in total. The van der Waals surface area contributed by atoms with Gasteiger partial charge in [0.2, 0.25) is 5.91 Å². The van der Waals surface area contributed by atoms with Crippen molar-refractivity contribution in [2.75, 3.05) is 6.61 Å². The Kier molecular flexibility index (Phi) is 55.2. The van der Waals surface area contributed by atoms with Gasteiger partial charge in [-0.15, -0.1) is 0 Å². The lowest BCUT2D eigenvalue weighted by Crippen LogP contribution is -2.45. The van der Waals surface area contributed by atoms with E-state index < -0.39 is 12.1 Å². The number of carbonyl (C=O) groups is 1. The van der Waals surface area contributed by atoms with Gasteiger partial charge in [-0.2, -0.15) is 0 Å². The molecule has 64 heavy (non-hydrogen) atoms. The molecule has 2 unspecified atom stereocenters. The molecule has 0 radical (unpaired) electrons. The number of hydrogen-bond donors (Lipinski definition) is 3. The van der Waals surface area contributed by atoms with Crippen LogP contribution in [-0.2, 0) is 4.79 Å². The van der Waals surface area contributed by atoms with Crippen LogP contribution in [-0.4, -0.2) is 34.9 Å². The summed E-state index contributed by atoms with van der Waals surface area (Å²) in [5.41, 5.74) is 0. The first kappa shape index (κ1) is 62.9. The molecule has 0 heterocycles. The molecule has 4 heteroatoms. The second kappa shape index (κ2) is 56.2. The summed E-state index contributed by atoms with van der Waals surface area (Å²) < 4.78 is 0. The van der Waals surface area contributed by atoms with Gasteiger partial charge in [0.1, 0.15) is 0 Å². The van der Waals surface area contributed by atoms with Gasteiger partial charge in [0, 0.05) is 6.42 Å². The highest BCUT2D eigenvalue weighted by Gasteiger charge is 2.20. The smallest absolute Gasteiger partial charge is 0.220 e. The van der Waals surface area contributed by atoms with Gasteiger partial charge in [-0.3, -0.25) is 4.79 Å². The molecule has 0 aromatic carbocycles. The number of rotatable bonds is 55. The quantitative estimate of drug-likeness (QED) is 0.0421. The van der Waals surface area contributed by atoms with Gasteiger partial charge in [0.05, 0.1) is 18.8 Å². The molecule has 0 fully saturated rings. The van der Waals surface area contributed by atoms with Gasteiger partial charge in [0.15, 0.2) is 0 Å². The summed E-state index contributed by atoms with van der Waals surface area (Å²) in [6.07, 6.45) is 74.7. The van der Waals surface area contributed by atoms with Gasteiger partial charge >= 0.3 is 0 Å². The van der Waals surface area contributed by atoms with Crippen LogP contribution >= 0.6 is 0 Å². The van der Waals surface area contributed by atoms with Crippen LogP contribution in [0.3, 0.4) is 0 Å². The molecule has 0 saturated heterocycles. The minimum atomic E-state index is -0.657. The average molecular weight is 901 g/mol. The molecule has 4 nitrogen and oxygen atoms in total. The third-order valence-corrected chi connectivity index (χ3v) is 14.0. The highest BCUT2D eigenvalue weighted by atomic mass is 16.3. The van der Waals surface area contributed by atoms with E-state index in [0.29, 0.717) is 12.8 Å². The molecule has 1 amide bonds. The second-order valence-corrected chi connectivity index (χ2v) is 20.4. The third-order valence-electron chi connectivity index (χ3n) is 14.0. The molecule has 0 saturated carbocycles. The normalized spacial score (nSPS) is 12.9. The molecule has 0 aromatic rings. The van der Waals surface area contributed by atoms with Crippen LogP contribution in [0.5, 0.6) is 0 Å². The maximum atomic E-state index is 12.5. The van der Waals surface area contributed by atoms with E-state index in [1.165, 1.54) is 276 Å². The SMILES string of the molecule is CCCCCCC/C=C\C/C=C\CCCCCCCCCCCCCCCCCCCCCCCC(=O)NC(CO)C(O)CCCCCCCCCCCCCCCCCCCCC. The lowest BCUT2D eigenvalue weighted by molar-refractivity contribution is -0.123. The third kappa shape index (κ3) is 51.8. The van der Waals surface area contributed by atoms with Crippen molar-refractivity contribution in [3.05, 3.63) is 24.3 Å². The largest absolute Gasteiger partial charge is 0.394 e. The maximum absolute atomic E-state index is 12.5. The fourth-order valence-electron chi connectivity index (χ4n) is 9.45. The zero-order valence-corrected chi connectivity index (χ0v) is 43.8. The Labute approximate surface area is 402 Å². The topological polar surface area (TPSA) is 69.6 Å². The number of amides is 1. The number of nitrogens with one attached hydrogen (secondary N) is 1. The van der Waals surface area contributed by atoms with Crippen LogP contribution < -0.4 is 5.32 Å². The summed E-state index contributed by atoms with van der Waals surface area (Å²) in [6.45, 7) is 4.38. The summed E-state index contributed by atoms with van der Waals surface area (Å²) >= 11 is 0. The predicted octanol–water partition coefficient (Wildman–Crippen LogP) is 19.5. The molecule has 380 valence electrons. The summed E-state index contributed by atoms with van der Waals surface area (Å²) in [5, 5.41) is 23.3. The highest BCUT2D eigenvalue weighted by Crippen LogP contribution is 2.18. The molecule has 0 aliphatic carbocycles. The fourth-order valence-corrected chi connectivity index (χ4v) is 9.45. The van der Waals surface area contributed by atoms with Crippen LogP contribution in [0, 0.1) is 0 Å². The van der Waals surface area contributed by atoms with Crippen molar-refractivity contribution in [2.45, 2.75) is 347 Å². The maximum Gasteiger partial charge on any atom is 0.220 e. The number of aliphatic hydroxyl groups is 2. The van der Waals surface area contributed by atoms with E-state index in [1.807, 2.05) is 0 Å². The first-order valence-electron chi connectivity index (χ1n) is 29.5. The Morgan fingerprint density at radius 3 is 0.938 bits per heavy atom. The summed E-state index contributed by atoms with van der Waals surface area (Å²) in [4.78, 5) is 12.5. The average Bonchev–Trinajstić information content (AvgIpc) is 3.30. The number of hydrogen-bond acceptors (Lipinski definition) is 3. The van der Waals surface area contributed by atoms with Crippen molar-refractivity contribution in [1.29, 1.82) is 0 Å². The van der Waals surface area contributed by atoms with E-state index >= 15 is 0 Å². The monoisotopic (exact) mass is 900 g/mol. The molecular weight excluding hydrogens is 783 g/mol. The Balaban J connectivity index is 3.40. The van der Waals surface area contributed by atoms with Crippen LogP contribution in [0.4, 0.5) is 0 Å². The van der Waals surface area contributed by atoms with Gasteiger partial charge in [-0.25, -0.2) is 0 Å². The number of allylic oxidation sites excluding steroid dienone is 4. The van der Waals surface area contributed by atoms with Gasteiger partial charge in [0.25, 0.3) is 0 Å². The number of aliphatic hydroxyl groups excluding tert-OH is 2. The van der Waals surface area contributed by atoms with Gasteiger partial charge in [-0.05, 0) is 44.9 Å². The van der Waals surface area contributed by atoms with Crippen molar-refractivity contribution in [3.8, 4) is 0 Å². The Morgan fingerprint density at radius 1 is 0.375 bits per heavy atom. The first-order chi connectivity index (χ1) is 31.7. The zero-order chi connectivity index (χ0) is 46.3. The Hall–Kier alpha value is -1.13. The van der Waals surface area contributed by atoms with E-state index in [0.717, 1.165) is 32.1 Å². The predicted molar refractivity (Wildman–Crippen MR) is 286 cm³/mol. The summed E-state index contributed by atoms with van der Waals surface area (Å²) in [7, 11) is 0. The van der Waals surface area contributed by atoms with Crippen LogP contribution in [0.2, 0.25) is 0 Å². The summed E-state index contributed by atoms with van der Waals surface area (Å²) in [6, 6.07) is -0.534. The van der Waals surface area contributed by atoms with Crippen molar-refractivity contribution in [1.82, 2.24) is 5.32 Å². The van der Waals surface area contributed by atoms with E-state index in [-0.39, 0.29) is 12.5 Å². The van der Waals surface area contributed by atoms with Crippen LogP contribution in [0.1, 0.15) is 335 Å². The number of unbranched alkanes of at least 4 members (excludes halogenated alkanes) is 44. The molecule has 0 aliphatic rings. The molecule has 0 rings (SSSR count).